The van der Waals surface area contributed by atoms with Crippen molar-refractivity contribution >= 4 is 33.9 Å². The van der Waals surface area contributed by atoms with E-state index in [4.69, 9.17) is 0 Å². The molecule has 5 aromatic rings. The average molecular weight is 404 g/mol. The van der Waals surface area contributed by atoms with Crippen molar-refractivity contribution in [1.29, 1.82) is 0 Å². The molecule has 2 aromatic heterocycles. The van der Waals surface area contributed by atoms with Gasteiger partial charge in [-0.25, -0.2) is 10.4 Å². The maximum absolute atomic E-state index is 12.5. The molecule has 0 bridgehead atoms. The first-order valence-corrected chi connectivity index (χ1v) is 10.1. The van der Waals surface area contributed by atoms with Gasteiger partial charge in [-0.05, 0) is 23.8 Å². The van der Waals surface area contributed by atoms with Crippen LogP contribution in [0.3, 0.4) is 0 Å². The molecule has 3 aromatic carbocycles. The molecule has 1 N–H and O–H groups in total. The Kier molecular flexibility index (Phi) is 4.99. The molecule has 0 atom stereocenters. The number of pyridine rings is 1. The molecule has 5 heteroatoms. The van der Waals surface area contributed by atoms with Crippen molar-refractivity contribution in [3.63, 3.8) is 0 Å². The third-order valence-corrected chi connectivity index (χ3v) is 5.22. The van der Waals surface area contributed by atoms with E-state index in [9.17, 15) is 4.79 Å². The lowest BCUT2D eigenvalue weighted by Gasteiger charge is -2.05. The Morgan fingerprint density at radius 1 is 0.903 bits per heavy atom. The normalized spacial score (nSPS) is 11.4. The number of rotatable bonds is 5. The van der Waals surface area contributed by atoms with Crippen molar-refractivity contribution in [2.45, 2.75) is 6.54 Å². The zero-order valence-corrected chi connectivity index (χ0v) is 16.8. The van der Waals surface area contributed by atoms with Gasteiger partial charge in [0.15, 0.2) is 0 Å². The van der Waals surface area contributed by atoms with E-state index in [-0.39, 0.29) is 5.91 Å². The minimum Gasteiger partial charge on any atom is -0.342 e. The summed E-state index contributed by atoms with van der Waals surface area (Å²) in [6, 6.07) is 29.8. The molecule has 5 rings (SSSR count). The summed E-state index contributed by atoms with van der Waals surface area (Å²) in [5.74, 6) is -0.338. The van der Waals surface area contributed by atoms with E-state index in [1.165, 1.54) is 5.56 Å². The summed E-state index contributed by atoms with van der Waals surface area (Å²) in [5, 5.41) is 6.27. The van der Waals surface area contributed by atoms with Crippen LogP contribution in [0.5, 0.6) is 0 Å². The van der Waals surface area contributed by atoms with Crippen LogP contribution >= 0.6 is 0 Å². The van der Waals surface area contributed by atoms with Crippen LogP contribution in [0.15, 0.2) is 102 Å². The van der Waals surface area contributed by atoms with Crippen LogP contribution in [-0.4, -0.2) is 21.7 Å². The second-order valence-corrected chi connectivity index (χ2v) is 7.30. The number of fused-ring (bicyclic) bond motifs is 2. The molecule has 0 spiro atoms. The van der Waals surface area contributed by atoms with Crippen molar-refractivity contribution in [3.8, 4) is 0 Å². The number of hydrazone groups is 1. The van der Waals surface area contributed by atoms with Crippen LogP contribution in [0.1, 0.15) is 21.6 Å². The Balaban J connectivity index is 1.37. The third-order valence-electron chi connectivity index (χ3n) is 5.22. The summed E-state index contributed by atoms with van der Waals surface area (Å²) in [4.78, 5) is 16.9. The number of hydrogen-bond acceptors (Lipinski definition) is 3. The lowest BCUT2D eigenvalue weighted by molar-refractivity contribution is 0.0950. The molecule has 2 heterocycles. The lowest BCUT2D eigenvalue weighted by atomic mass is 10.2. The number of nitrogens with one attached hydrogen (secondary N) is 1. The highest BCUT2D eigenvalue weighted by Gasteiger charge is 2.09. The monoisotopic (exact) mass is 404 g/mol. The Morgan fingerprint density at radius 3 is 2.58 bits per heavy atom. The first-order chi connectivity index (χ1) is 15.3. The van der Waals surface area contributed by atoms with E-state index in [0.717, 1.165) is 33.9 Å². The Bertz CT molecular complexity index is 1400. The standard InChI is InChI=1S/C26H20N4O/c31-26(24-15-14-20-10-4-6-12-23(20)28-24)29-27-16-21-18-30(17-19-8-2-1-3-9-19)25-13-7-5-11-22(21)25/h1-16,18H,17H2,(H,29,31). The Morgan fingerprint density at radius 2 is 1.68 bits per heavy atom. The molecule has 0 saturated carbocycles. The largest absolute Gasteiger partial charge is 0.342 e. The van der Waals surface area contributed by atoms with Crippen LogP contribution in [0.4, 0.5) is 0 Å². The van der Waals surface area contributed by atoms with E-state index in [1.807, 2.05) is 60.7 Å². The molecular weight excluding hydrogens is 384 g/mol. The number of aromatic nitrogens is 2. The third kappa shape index (κ3) is 3.94. The fourth-order valence-corrected chi connectivity index (χ4v) is 3.70. The molecule has 5 nitrogen and oxygen atoms in total. The molecule has 0 fully saturated rings. The van der Waals surface area contributed by atoms with Gasteiger partial charge < -0.3 is 4.57 Å². The fraction of sp³-hybridized carbons (Fsp3) is 0.0385. The highest BCUT2D eigenvalue weighted by Crippen LogP contribution is 2.21. The van der Waals surface area contributed by atoms with E-state index >= 15 is 0 Å². The van der Waals surface area contributed by atoms with Gasteiger partial charge in [-0.3, -0.25) is 4.79 Å². The number of amides is 1. The van der Waals surface area contributed by atoms with Crippen LogP contribution in [0.25, 0.3) is 21.8 Å². The summed E-state index contributed by atoms with van der Waals surface area (Å²) in [6.07, 6.45) is 3.74. The fourth-order valence-electron chi connectivity index (χ4n) is 3.70. The number of benzene rings is 3. The molecule has 0 aliphatic carbocycles. The van der Waals surface area contributed by atoms with Gasteiger partial charge in [0.1, 0.15) is 5.69 Å². The van der Waals surface area contributed by atoms with Gasteiger partial charge in [0.2, 0.25) is 0 Å². The minimum absolute atomic E-state index is 0.336. The zero-order valence-electron chi connectivity index (χ0n) is 16.8. The number of carbonyl (C=O) groups excluding carboxylic acids is 1. The van der Waals surface area contributed by atoms with Gasteiger partial charge in [0.05, 0.1) is 11.7 Å². The predicted molar refractivity (Wildman–Crippen MR) is 124 cm³/mol. The molecule has 0 aliphatic heterocycles. The van der Waals surface area contributed by atoms with Crippen molar-refractivity contribution in [2.75, 3.05) is 0 Å². The lowest BCUT2D eigenvalue weighted by Crippen LogP contribution is -2.18. The number of carbonyl (C=O) groups is 1. The number of nitrogens with zero attached hydrogens (tertiary/aromatic N) is 3. The van der Waals surface area contributed by atoms with Crippen molar-refractivity contribution in [3.05, 3.63) is 114 Å². The molecule has 150 valence electrons. The minimum atomic E-state index is -0.338. The summed E-state index contributed by atoms with van der Waals surface area (Å²) in [6.45, 7) is 0.766. The first-order valence-electron chi connectivity index (χ1n) is 10.1. The van der Waals surface area contributed by atoms with Gasteiger partial charge in [-0.1, -0.05) is 72.8 Å². The highest BCUT2D eigenvalue weighted by atomic mass is 16.2. The first kappa shape index (κ1) is 18.8. The molecule has 0 radical (unpaired) electrons. The molecule has 0 saturated heterocycles. The quantitative estimate of drug-likeness (QED) is 0.331. The van der Waals surface area contributed by atoms with Crippen molar-refractivity contribution in [2.24, 2.45) is 5.10 Å². The summed E-state index contributed by atoms with van der Waals surface area (Å²) >= 11 is 0. The van der Waals surface area contributed by atoms with Gasteiger partial charge in [0.25, 0.3) is 5.91 Å². The number of hydrogen-bond donors (Lipinski definition) is 1. The van der Waals surface area contributed by atoms with Crippen LogP contribution < -0.4 is 5.43 Å². The zero-order chi connectivity index (χ0) is 21.0. The van der Waals surface area contributed by atoms with E-state index < -0.39 is 0 Å². The topological polar surface area (TPSA) is 59.3 Å². The highest BCUT2D eigenvalue weighted by molar-refractivity contribution is 6.00. The Labute approximate surface area is 179 Å². The van der Waals surface area contributed by atoms with Gasteiger partial charge in [0, 0.05) is 34.6 Å². The molecule has 31 heavy (non-hydrogen) atoms. The maximum Gasteiger partial charge on any atom is 0.289 e. The predicted octanol–water partition coefficient (Wildman–Crippen LogP) is 5.00. The molecule has 1 amide bonds. The van der Waals surface area contributed by atoms with E-state index in [1.54, 1.807) is 12.3 Å². The number of para-hydroxylation sites is 2. The van der Waals surface area contributed by atoms with Crippen LogP contribution in [0.2, 0.25) is 0 Å². The Hall–Kier alpha value is -4.25. The summed E-state index contributed by atoms with van der Waals surface area (Å²) in [7, 11) is 0. The van der Waals surface area contributed by atoms with Gasteiger partial charge in [-0.15, -0.1) is 0 Å². The van der Waals surface area contributed by atoms with E-state index in [0.29, 0.717) is 5.69 Å². The molecule has 0 unspecified atom stereocenters. The summed E-state index contributed by atoms with van der Waals surface area (Å²) in [5.41, 5.74) is 7.00. The van der Waals surface area contributed by atoms with Crippen molar-refractivity contribution < 1.29 is 4.79 Å². The second-order valence-electron chi connectivity index (χ2n) is 7.30. The van der Waals surface area contributed by atoms with E-state index in [2.05, 4.69) is 50.5 Å². The SMILES string of the molecule is O=C(NN=Cc1cn(Cc2ccccc2)c2ccccc12)c1ccc2ccccc2n1. The van der Waals surface area contributed by atoms with Gasteiger partial charge in [-0.2, -0.15) is 5.10 Å². The second kappa shape index (κ2) is 8.24. The van der Waals surface area contributed by atoms with Crippen LogP contribution in [-0.2, 0) is 6.54 Å². The van der Waals surface area contributed by atoms with Crippen LogP contribution in [0, 0.1) is 0 Å². The van der Waals surface area contributed by atoms with Gasteiger partial charge >= 0.3 is 0 Å². The summed E-state index contributed by atoms with van der Waals surface area (Å²) < 4.78 is 2.19. The average Bonchev–Trinajstić information content (AvgIpc) is 3.17. The maximum atomic E-state index is 12.5. The van der Waals surface area contributed by atoms with Crippen molar-refractivity contribution in [1.82, 2.24) is 15.0 Å². The smallest absolute Gasteiger partial charge is 0.289 e. The molecular formula is C26H20N4O. The molecule has 0 aliphatic rings.